The van der Waals surface area contributed by atoms with E-state index in [0.717, 1.165) is 55.8 Å². The predicted octanol–water partition coefficient (Wildman–Crippen LogP) is 7.65. The molecule has 0 saturated heterocycles. The van der Waals surface area contributed by atoms with Crippen molar-refractivity contribution in [2.24, 2.45) is 5.73 Å². The largest absolute Gasteiger partial charge is 0.351 e. The SMILES string of the molecule is CCc1cc(-c2ccc(NSc3ccccc3Cl)nc2C)cc2cnc(NC3CCCCC3)nc12.CN. The van der Waals surface area contributed by atoms with Gasteiger partial charge in [0.25, 0.3) is 0 Å². The summed E-state index contributed by atoms with van der Waals surface area (Å²) in [6.07, 6.45) is 9.18. The molecule has 0 spiro atoms. The number of hydrogen-bond donors (Lipinski definition) is 3. The van der Waals surface area contributed by atoms with Crippen LogP contribution >= 0.6 is 23.5 Å². The van der Waals surface area contributed by atoms with Crippen LogP contribution in [0.15, 0.2) is 59.6 Å². The maximum atomic E-state index is 6.27. The molecule has 0 radical (unpaired) electrons. The Bertz CT molecular complexity index is 1340. The van der Waals surface area contributed by atoms with E-state index < -0.39 is 0 Å². The third-order valence-electron chi connectivity index (χ3n) is 6.58. The van der Waals surface area contributed by atoms with E-state index in [4.69, 9.17) is 21.6 Å². The Morgan fingerprint density at radius 3 is 2.54 bits per heavy atom. The fourth-order valence-corrected chi connectivity index (χ4v) is 5.59. The lowest BCUT2D eigenvalue weighted by molar-refractivity contribution is 0.461. The molecule has 0 amide bonds. The third-order valence-corrected chi connectivity index (χ3v) is 7.91. The summed E-state index contributed by atoms with van der Waals surface area (Å²) in [4.78, 5) is 15.3. The average Bonchev–Trinajstić information content (AvgIpc) is 2.94. The third kappa shape index (κ3) is 6.72. The average molecular weight is 535 g/mol. The molecule has 2 heterocycles. The van der Waals surface area contributed by atoms with Crippen molar-refractivity contribution in [2.75, 3.05) is 17.1 Å². The first-order valence-corrected chi connectivity index (χ1v) is 14.1. The van der Waals surface area contributed by atoms with Crippen LogP contribution < -0.4 is 15.8 Å². The molecule has 2 aromatic heterocycles. The van der Waals surface area contributed by atoms with E-state index in [1.165, 1.54) is 56.7 Å². The van der Waals surface area contributed by atoms with Crippen LogP contribution in [0.3, 0.4) is 0 Å². The number of rotatable bonds is 7. The second-order valence-electron chi connectivity index (χ2n) is 9.06. The van der Waals surface area contributed by atoms with E-state index in [2.05, 4.69) is 45.9 Å². The standard InChI is InChI=1S/C28H30ClN5S.CH5N/c1-3-19-15-20(16-21-17-30-28(33-27(19)21)32-22-9-5-4-6-10-22)23-13-14-26(31-18(23)2)34-35-25-12-8-7-11-24(25)29;1-2/h7-8,11-17,22H,3-6,9-10H2,1-2H3,(H,31,34)(H,30,32,33);2H2,1H3. The summed E-state index contributed by atoms with van der Waals surface area (Å²) in [5.41, 5.74) is 9.97. The topological polar surface area (TPSA) is 88.8 Å². The first kappa shape index (κ1) is 27.2. The Morgan fingerprint density at radius 1 is 1.03 bits per heavy atom. The molecule has 4 N–H and O–H groups in total. The van der Waals surface area contributed by atoms with Gasteiger partial charge in [-0.3, -0.25) is 0 Å². The number of halogens is 1. The molecule has 1 saturated carbocycles. The summed E-state index contributed by atoms with van der Waals surface area (Å²) in [6, 6.07) is 16.8. The summed E-state index contributed by atoms with van der Waals surface area (Å²) in [6.45, 7) is 4.23. The molecule has 37 heavy (non-hydrogen) atoms. The number of fused-ring (bicyclic) bond motifs is 1. The number of hydrogen-bond acceptors (Lipinski definition) is 7. The maximum absolute atomic E-state index is 6.27. The van der Waals surface area contributed by atoms with E-state index >= 15 is 0 Å². The number of aromatic nitrogens is 3. The van der Waals surface area contributed by atoms with E-state index in [1.54, 1.807) is 0 Å². The van der Waals surface area contributed by atoms with Gasteiger partial charge in [-0.25, -0.2) is 15.0 Å². The molecule has 1 aliphatic carbocycles. The number of anilines is 2. The highest BCUT2D eigenvalue weighted by Gasteiger charge is 2.16. The van der Waals surface area contributed by atoms with Crippen LogP contribution in [0.2, 0.25) is 5.02 Å². The number of aryl methyl sites for hydroxylation is 2. The molecule has 1 fully saturated rings. The smallest absolute Gasteiger partial charge is 0.223 e. The highest BCUT2D eigenvalue weighted by molar-refractivity contribution is 8.00. The first-order chi connectivity index (χ1) is 18.1. The van der Waals surface area contributed by atoms with Gasteiger partial charge in [0.15, 0.2) is 0 Å². The van der Waals surface area contributed by atoms with Gasteiger partial charge < -0.3 is 15.8 Å². The van der Waals surface area contributed by atoms with E-state index in [1.807, 2.05) is 43.5 Å². The van der Waals surface area contributed by atoms with E-state index in [9.17, 15) is 0 Å². The summed E-state index contributed by atoms with van der Waals surface area (Å²) in [5, 5.41) is 5.35. The fraction of sp³-hybridized carbons (Fsp3) is 0.345. The number of nitrogens with two attached hydrogens (primary N) is 1. The van der Waals surface area contributed by atoms with Gasteiger partial charge in [0.1, 0.15) is 5.82 Å². The zero-order valence-corrected chi connectivity index (χ0v) is 23.3. The van der Waals surface area contributed by atoms with Crippen molar-refractivity contribution in [3.05, 3.63) is 71.0 Å². The number of nitrogens with zero attached hydrogens (tertiary/aromatic N) is 3. The second-order valence-corrected chi connectivity index (χ2v) is 10.3. The summed E-state index contributed by atoms with van der Waals surface area (Å²) >= 11 is 7.73. The minimum Gasteiger partial charge on any atom is -0.351 e. The lowest BCUT2D eigenvalue weighted by atomic mass is 9.96. The Kier molecular flexibility index (Phi) is 9.61. The minimum atomic E-state index is 0.488. The van der Waals surface area contributed by atoms with Crippen molar-refractivity contribution >= 4 is 46.2 Å². The van der Waals surface area contributed by atoms with Gasteiger partial charge in [-0.1, -0.05) is 49.9 Å². The van der Waals surface area contributed by atoms with Crippen LogP contribution in [0.4, 0.5) is 11.8 Å². The van der Waals surface area contributed by atoms with Gasteiger partial charge in [-0.2, -0.15) is 0 Å². The van der Waals surface area contributed by atoms with Gasteiger partial charge >= 0.3 is 0 Å². The Balaban J connectivity index is 0.00000156. The van der Waals surface area contributed by atoms with Crippen LogP contribution in [0.25, 0.3) is 22.0 Å². The van der Waals surface area contributed by atoms with Crippen molar-refractivity contribution < 1.29 is 0 Å². The molecule has 6 nitrogen and oxygen atoms in total. The zero-order valence-electron chi connectivity index (χ0n) is 21.7. The minimum absolute atomic E-state index is 0.488. The molecule has 1 aliphatic rings. The lowest BCUT2D eigenvalue weighted by Gasteiger charge is -2.22. The lowest BCUT2D eigenvalue weighted by Crippen LogP contribution is -2.23. The predicted molar refractivity (Wildman–Crippen MR) is 158 cm³/mol. The van der Waals surface area contributed by atoms with Crippen LogP contribution in [-0.4, -0.2) is 28.0 Å². The second kappa shape index (κ2) is 13.1. The Hall–Kier alpha value is -2.87. The van der Waals surface area contributed by atoms with Crippen molar-refractivity contribution in [1.29, 1.82) is 0 Å². The van der Waals surface area contributed by atoms with Crippen molar-refractivity contribution in [1.82, 2.24) is 15.0 Å². The fourth-order valence-electron chi connectivity index (χ4n) is 4.70. The number of nitrogens with one attached hydrogen (secondary N) is 2. The summed E-state index contributed by atoms with van der Waals surface area (Å²) in [5.74, 6) is 1.55. The molecule has 0 atom stereocenters. The molecule has 0 bridgehead atoms. The zero-order chi connectivity index (χ0) is 26.2. The summed E-state index contributed by atoms with van der Waals surface area (Å²) in [7, 11) is 1.50. The molecule has 4 aromatic rings. The molecule has 0 unspecified atom stereocenters. The van der Waals surface area contributed by atoms with Crippen LogP contribution in [0.5, 0.6) is 0 Å². The van der Waals surface area contributed by atoms with Crippen molar-refractivity contribution in [2.45, 2.75) is 63.3 Å². The first-order valence-electron chi connectivity index (χ1n) is 12.9. The van der Waals surface area contributed by atoms with Crippen LogP contribution in [0.1, 0.15) is 50.3 Å². The monoisotopic (exact) mass is 534 g/mol. The van der Waals surface area contributed by atoms with Gasteiger partial charge in [-0.15, -0.1) is 0 Å². The number of pyridine rings is 1. The normalized spacial score (nSPS) is 13.6. The molecule has 194 valence electrons. The van der Waals surface area contributed by atoms with Gasteiger partial charge in [0.2, 0.25) is 5.95 Å². The van der Waals surface area contributed by atoms with Gasteiger partial charge in [-0.05, 0) is 92.7 Å². The van der Waals surface area contributed by atoms with Gasteiger partial charge in [0.05, 0.1) is 10.5 Å². The molecule has 8 heteroatoms. The summed E-state index contributed by atoms with van der Waals surface area (Å²) < 4.78 is 3.31. The van der Waals surface area contributed by atoms with E-state index in [0.29, 0.717) is 6.04 Å². The molecular formula is C29H35ClN6S. The highest BCUT2D eigenvalue weighted by Crippen LogP contribution is 2.32. The Labute approximate surface area is 229 Å². The van der Waals surface area contributed by atoms with Crippen LogP contribution in [-0.2, 0) is 6.42 Å². The quantitative estimate of drug-likeness (QED) is 0.210. The molecular weight excluding hydrogens is 500 g/mol. The molecule has 2 aromatic carbocycles. The van der Waals surface area contributed by atoms with E-state index in [-0.39, 0.29) is 0 Å². The van der Waals surface area contributed by atoms with Crippen molar-refractivity contribution in [3.63, 3.8) is 0 Å². The molecule has 0 aliphatic heterocycles. The van der Waals surface area contributed by atoms with Gasteiger partial charge in [0, 0.05) is 33.8 Å². The van der Waals surface area contributed by atoms with Crippen LogP contribution in [0, 0.1) is 6.92 Å². The molecule has 5 rings (SSSR count). The highest BCUT2D eigenvalue weighted by atomic mass is 35.5. The number of benzene rings is 2. The maximum Gasteiger partial charge on any atom is 0.223 e. The van der Waals surface area contributed by atoms with Crippen molar-refractivity contribution in [3.8, 4) is 11.1 Å². The Morgan fingerprint density at radius 2 is 1.81 bits per heavy atom.